The van der Waals surface area contributed by atoms with Crippen LogP contribution in [0.4, 0.5) is 0 Å². The number of rotatable bonds is 4. The summed E-state index contributed by atoms with van der Waals surface area (Å²) in [5.74, 6) is -0.00454. The minimum atomic E-state index is -0.643. The van der Waals surface area contributed by atoms with Crippen LogP contribution in [0.2, 0.25) is 0 Å². The van der Waals surface area contributed by atoms with E-state index in [1.165, 1.54) is 31.4 Å². The fourth-order valence-corrected chi connectivity index (χ4v) is 3.74. The van der Waals surface area contributed by atoms with Crippen LogP contribution in [0.1, 0.15) is 55.1 Å². The molecule has 92 valence electrons. The highest BCUT2D eigenvalue weighted by Crippen LogP contribution is 2.49. The molecule has 0 spiro atoms. The Morgan fingerprint density at radius 2 is 2.18 bits per heavy atom. The number of hydrogen-bond acceptors (Lipinski definition) is 3. The summed E-state index contributed by atoms with van der Waals surface area (Å²) in [5.41, 5.74) is 0.744. The van der Waals surface area contributed by atoms with Crippen molar-refractivity contribution < 1.29 is 9.90 Å². The van der Waals surface area contributed by atoms with Gasteiger partial charge in [-0.2, -0.15) is 0 Å². The first-order valence-electron chi connectivity index (χ1n) is 6.37. The Kier molecular flexibility index (Phi) is 2.69. The van der Waals surface area contributed by atoms with Gasteiger partial charge in [-0.25, -0.2) is 4.98 Å². The predicted octanol–water partition coefficient (Wildman–Crippen LogP) is 3.21. The number of carboxylic acids is 1. The number of carboxylic acid groups (broad SMARTS) is 1. The lowest BCUT2D eigenvalue weighted by molar-refractivity contribution is -0.143. The van der Waals surface area contributed by atoms with E-state index < -0.39 is 11.4 Å². The molecule has 3 rings (SSSR count). The van der Waals surface area contributed by atoms with E-state index in [-0.39, 0.29) is 0 Å². The second-order valence-corrected chi connectivity index (χ2v) is 6.35. The Balaban J connectivity index is 1.70. The fourth-order valence-electron chi connectivity index (χ4n) is 2.72. The van der Waals surface area contributed by atoms with Gasteiger partial charge >= 0.3 is 5.97 Å². The molecule has 1 aromatic heterocycles. The maximum absolute atomic E-state index is 11.1. The van der Waals surface area contributed by atoms with Crippen molar-refractivity contribution in [1.82, 2.24) is 4.98 Å². The van der Waals surface area contributed by atoms with Crippen LogP contribution >= 0.6 is 11.3 Å². The summed E-state index contributed by atoms with van der Waals surface area (Å²) < 4.78 is 0. The molecular weight excluding hydrogens is 234 g/mol. The Morgan fingerprint density at radius 1 is 1.47 bits per heavy atom. The van der Waals surface area contributed by atoms with E-state index in [4.69, 9.17) is 5.11 Å². The van der Waals surface area contributed by atoms with Gasteiger partial charge in [0.1, 0.15) is 0 Å². The number of aromatic nitrogens is 1. The molecule has 1 N–H and O–H groups in total. The van der Waals surface area contributed by atoms with Crippen molar-refractivity contribution in [3.05, 3.63) is 16.1 Å². The van der Waals surface area contributed by atoms with Crippen molar-refractivity contribution in [2.45, 2.75) is 50.9 Å². The summed E-state index contributed by atoms with van der Waals surface area (Å²) in [7, 11) is 0. The smallest absolute Gasteiger partial charge is 0.310 e. The lowest BCUT2D eigenvalue weighted by atomic mass is 10.0. The van der Waals surface area contributed by atoms with Crippen molar-refractivity contribution in [3.8, 4) is 0 Å². The molecule has 3 nitrogen and oxygen atoms in total. The summed E-state index contributed by atoms with van der Waals surface area (Å²) in [6.07, 6.45) is 7.43. The molecule has 0 amide bonds. The predicted molar refractivity (Wildman–Crippen MR) is 66.3 cm³/mol. The first-order valence-corrected chi connectivity index (χ1v) is 7.25. The van der Waals surface area contributed by atoms with Crippen molar-refractivity contribution in [2.24, 2.45) is 5.41 Å². The van der Waals surface area contributed by atoms with Gasteiger partial charge in [0.25, 0.3) is 0 Å². The maximum atomic E-state index is 11.1. The van der Waals surface area contributed by atoms with E-state index in [0.717, 1.165) is 17.8 Å². The largest absolute Gasteiger partial charge is 0.481 e. The standard InChI is InChI=1S/C13H17NO2S/c15-12(16)13(5-6-13)7-11-14-10(8-17-11)9-3-1-2-4-9/h8-9H,1-7H2,(H,15,16). The molecule has 4 heteroatoms. The molecule has 0 saturated heterocycles. The minimum Gasteiger partial charge on any atom is -0.481 e. The summed E-state index contributed by atoms with van der Waals surface area (Å²) >= 11 is 1.65. The number of thiazole rings is 1. The van der Waals surface area contributed by atoms with Gasteiger partial charge in [0.05, 0.1) is 16.1 Å². The molecule has 0 atom stereocenters. The molecule has 2 aliphatic carbocycles. The Labute approximate surface area is 105 Å². The van der Waals surface area contributed by atoms with Crippen LogP contribution in [0.5, 0.6) is 0 Å². The molecule has 0 aromatic carbocycles. The van der Waals surface area contributed by atoms with E-state index >= 15 is 0 Å². The highest BCUT2D eigenvalue weighted by atomic mass is 32.1. The van der Waals surface area contributed by atoms with E-state index in [0.29, 0.717) is 12.3 Å². The fraction of sp³-hybridized carbons (Fsp3) is 0.692. The van der Waals surface area contributed by atoms with Gasteiger partial charge in [-0.1, -0.05) is 12.8 Å². The first kappa shape index (κ1) is 11.2. The second-order valence-electron chi connectivity index (χ2n) is 5.41. The Bertz CT molecular complexity index is 430. The number of aliphatic carboxylic acids is 1. The van der Waals surface area contributed by atoms with Gasteiger partial charge in [-0.3, -0.25) is 4.79 Å². The molecule has 0 radical (unpaired) electrons. The molecule has 0 aliphatic heterocycles. The van der Waals surface area contributed by atoms with Crippen molar-refractivity contribution in [3.63, 3.8) is 0 Å². The van der Waals surface area contributed by atoms with E-state index in [1.54, 1.807) is 11.3 Å². The first-order chi connectivity index (χ1) is 8.20. The molecule has 2 saturated carbocycles. The van der Waals surface area contributed by atoms with E-state index in [9.17, 15) is 4.79 Å². The van der Waals surface area contributed by atoms with Crippen LogP contribution in [0, 0.1) is 5.41 Å². The maximum Gasteiger partial charge on any atom is 0.310 e. The van der Waals surface area contributed by atoms with Crippen LogP contribution in [-0.2, 0) is 11.2 Å². The van der Waals surface area contributed by atoms with Crippen molar-refractivity contribution >= 4 is 17.3 Å². The number of hydrogen-bond donors (Lipinski definition) is 1. The molecule has 1 aromatic rings. The lowest BCUT2D eigenvalue weighted by Gasteiger charge is -2.06. The molecule has 2 aliphatic rings. The van der Waals surface area contributed by atoms with E-state index in [2.05, 4.69) is 10.4 Å². The van der Waals surface area contributed by atoms with Crippen LogP contribution in [0.15, 0.2) is 5.38 Å². The topological polar surface area (TPSA) is 50.2 Å². The van der Waals surface area contributed by atoms with Crippen LogP contribution in [0.3, 0.4) is 0 Å². The average Bonchev–Trinajstić information content (AvgIpc) is 2.76. The SMILES string of the molecule is O=C(O)C1(Cc2nc(C3CCCC3)cs2)CC1. The lowest BCUT2D eigenvalue weighted by Crippen LogP contribution is -2.17. The number of nitrogens with zero attached hydrogens (tertiary/aromatic N) is 1. The second kappa shape index (κ2) is 4.09. The Hall–Kier alpha value is -0.900. The van der Waals surface area contributed by atoms with Gasteiger partial charge in [-0.05, 0) is 25.7 Å². The zero-order valence-electron chi connectivity index (χ0n) is 9.82. The number of carbonyl (C=O) groups is 1. The zero-order valence-corrected chi connectivity index (χ0v) is 10.6. The van der Waals surface area contributed by atoms with Gasteiger partial charge in [-0.15, -0.1) is 11.3 Å². The molecular formula is C13H17NO2S. The summed E-state index contributed by atoms with van der Waals surface area (Å²) in [5, 5.41) is 12.3. The van der Waals surface area contributed by atoms with E-state index in [1.807, 2.05) is 0 Å². The van der Waals surface area contributed by atoms with Gasteiger partial charge in [0.15, 0.2) is 0 Å². The van der Waals surface area contributed by atoms with Crippen LogP contribution < -0.4 is 0 Å². The highest BCUT2D eigenvalue weighted by Gasteiger charge is 2.50. The summed E-state index contributed by atoms with van der Waals surface area (Å²) in [4.78, 5) is 15.8. The average molecular weight is 251 g/mol. The normalized spacial score (nSPS) is 22.8. The van der Waals surface area contributed by atoms with Crippen LogP contribution in [0.25, 0.3) is 0 Å². The molecule has 17 heavy (non-hydrogen) atoms. The molecule has 1 heterocycles. The van der Waals surface area contributed by atoms with Gasteiger partial charge < -0.3 is 5.11 Å². The van der Waals surface area contributed by atoms with Crippen molar-refractivity contribution in [1.29, 1.82) is 0 Å². The third-order valence-electron chi connectivity index (χ3n) is 4.14. The third-order valence-corrected chi connectivity index (χ3v) is 5.01. The molecule has 0 bridgehead atoms. The molecule has 2 fully saturated rings. The quantitative estimate of drug-likeness (QED) is 0.894. The third kappa shape index (κ3) is 2.10. The zero-order chi connectivity index (χ0) is 11.9. The molecule has 0 unspecified atom stereocenters. The van der Waals surface area contributed by atoms with Gasteiger partial charge in [0, 0.05) is 17.7 Å². The summed E-state index contributed by atoms with van der Waals surface area (Å²) in [6.45, 7) is 0. The summed E-state index contributed by atoms with van der Waals surface area (Å²) in [6, 6.07) is 0. The highest BCUT2D eigenvalue weighted by molar-refractivity contribution is 7.09. The minimum absolute atomic E-state index is 0.467. The van der Waals surface area contributed by atoms with Gasteiger partial charge in [0.2, 0.25) is 0 Å². The monoisotopic (exact) mass is 251 g/mol. The van der Waals surface area contributed by atoms with Crippen LogP contribution in [-0.4, -0.2) is 16.1 Å². The van der Waals surface area contributed by atoms with Crippen molar-refractivity contribution in [2.75, 3.05) is 0 Å². The Morgan fingerprint density at radius 3 is 2.76 bits per heavy atom.